The first kappa shape index (κ1) is 15.4. The highest BCUT2D eigenvalue weighted by molar-refractivity contribution is 5.28. The third kappa shape index (κ3) is 4.23. The first-order valence-electron chi connectivity index (χ1n) is 6.77. The van der Waals surface area contributed by atoms with Crippen LogP contribution >= 0.6 is 0 Å². The van der Waals surface area contributed by atoms with Crippen molar-refractivity contribution in [3.05, 3.63) is 59.4 Å². The zero-order valence-electron chi connectivity index (χ0n) is 12.0. The minimum absolute atomic E-state index is 0.0458. The lowest BCUT2D eigenvalue weighted by atomic mass is 10.0. The maximum Gasteiger partial charge on any atom is 0.159 e. The number of pyridine rings is 1. The molecule has 21 heavy (non-hydrogen) atoms. The summed E-state index contributed by atoms with van der Waals surface area (Å²) in [4.78, 5) is 4.09. The molecule has 2 N–H and O–H groups in total. The largest absolute Gasteiger partial charge is 0.489 e. The maximum atomic E-state index is 13.2. The van der Waals surface area contributed by atoms with E-state index in [1.807, 2.05) is 19.9 Å². The summed E-state index contributed by atoms with van der Waals surface area (Å²) in [6.45, 7) is 3.85. The Morgan fingerprint density at radius 2 is 1.90 bits per heavy atom. The Kier molecular flexibility index (Phi) is 4.85. The average Bonchev–Trinajstić information content (AvgIpc) is 2.42. The maximum absolute atomic E-state index is 13.2. The van der Waals surface area contributed by atoms with Crippen molar-refractivity contribution >= 4 is 0 Å². The molecule has 0 fully saturated rings. The zero-order chi connectivity index (χ0) is 15.4. The molecular formula is C16H18F2N2O. The van der Waals surface area contributed by atoms with Gasteiger partial charge in [0.1, 0.15) is 5.75 Å². The monoisotopic (exact) mass is 292 g/mol. The third-order valence-corrected chi connectivity index (χ3v) is 2.97. The Morgan fingerprint density at radius 3 is 2.57 bits per heavy atom. The first-order valence-corrected chi connectivity index (χ1v) is 6.77. The van der Waals surface area contributed by atoms with Crippen LogP contribution in [0.3, 0.4) is 0 Å². The molecule has 1 aromatic carbocycles. The van der Waals surface area contributed by atoms with Crippen molar-refractivity contribution in [3.8, 4) is 5.75 Å². The van der Waals surface area contributed by atoms with Crippen molar-refractivity contribution in [3.63, 3.8) is 0 Å². The number of benzene rings is 1. The van der Waals surface area contributed by atoms with Gasteiger partial charge in [0.25, 0.3) is 0 Å². The zero-order valence-corrected chi connectivity index (χ0v) is 12.0. The molecule has 0 radical (unpaired) electrons. The molecule has 2 aromatic rings. The molecule has 1 atom stereocenters. The van der Waals surface area contributed by atoms with E-state index in [-0.39, 0.29) is 12.1 Å². The second-order valence-corrected chi connectivity index (χ2v) is 5.18. The molecule has 0 bridgehead atoms. The van der Waals surface area contributed by atoms with Crippen molar-refractivity contribution in [1.29, 1.82) is 0 Å². The molecule has 1 heterocycles. The molecule has 5 heteroatoms. The van der Waals surface area contributed by atoms with Gasteiger partial charge in [-0.05, 0) is 49.6 Å². The fourth-order valence-corrected chi connectivity index (χ4v) is 2.01. The number of halogens is 2. The molecule has 0 spiro atoms. The van der Waals surface area contributed by atoms with Gasteiger partial charge in [-0.1, -0.05) is 6.07 Å². The second kappa shape index (κ2) is 6.63. The van der Waals surface area contributed by atoms with Gasteiger partial charge in [-0.3, -0.25) is 4.98 Å². The number of hydrogen-bond donors (Lipinski definition) is 1. The quantitative estimate of drug-likeness (QED) is 0.919. The molecular weight excluding hydrogens is 274 g/mol. The average molecular weight is 292 g/mol. The summed E-state index contributed by atoms with van der Waals surface area (Å²) in [6, 6.07) is 5.25. The Labute approximate surface area is 122 Å². The van der Waals surface area contributed by atoms with E-state index in [2.05, 4.69) is 4.98 Å². The standard InChI is InChI=1S/C16H18F2N2O/c1-10(2)21-13-7-12(8-20-9-13)16(19)6-11-3-4-14(17)15(18)5-11/h3-5,7-10,16H,6,19H2,1-2H3. The van der Waals surface area contributed by atoms with Gasteiger partial charge in [-0.15, -0.1) is 0 Å². The van der Waals surface area contributed by atoms with Gasteiger partial charge in [0.2, 0.25) is 0 Å². The van der Waals surface area contributed by atoms with E-state index in [1.54, 1.807) is 12.4 Å². The number of hydrogen-bond acceptors (Lipinski definition) is 3. The SMILES string of the molecule is CC(C)Oc1cncc(C(N)Cc2ccc(F)c(F)c2)c1. The molecule has 0 amide bonds. The number of rotatable bonds is 5. The van der Waals surface area contributed by atoms with Crippen LogP contribution in [-0.4, -0.2) is 11.1 Å². The smallest absolute Gasteiger partial charge is 0.159 e. The highest BCUT2D eigenvalue weighted by Crippen LogP contribution is 2.21. The van der Waals surface area contributed by atoms with E-state index in [1.165, 1.54) is 6.07 Å². The molecule has 0 aliphatic rings. The van der Waals surface area contributed by atoms with E-state index in [0.29, 0.717) is 17.7 Å². The summed E-state index contributed by atoms with van der Waals surface area (Å²) < 4.78 is 31.7. The molecule has 2 rings (SSSR count). The van der Waals surface area contributed by atoms with Crippen LogP contribution in [-0.2, 0) is 6.42 Å². The highest BCUT2D eigenvalue weighted by Gasteiger charge is 2.11. The summed E-state index contributed by atoms with van der Waals surface area (Å²) >= 11 is 0. The minimum Gasteiger partial charge on any atom is -0.489 e. The summed E-state index contributed by atoms with van der Waals surface area (Å²) in [5.74, 6) is -1.08. The molecule has 3 nitrogen and oxygen atoms in total. The first-order chi connectivity index (χ1) is 9.95. The van der Waals surface area contributed by atoms with Crippen molar-refractivity contribution in [2.45, 2.75) is 32.4 Å². The van der Waals surface area contributed by atoms with E-state index < -0.39 is 11.6 Å². The van der Waals surface area contributed by atoms with E-state index in [4.69, 9.17) is 10.5 Å². The topological polar surface area (TPSA) is 48.1 Å². The molecule has 0 aliphatic carbocycles. The van der Waals surface area contributed by atoms with Gasteiger partial charge in [0.05, 0.1) is 12.3 Å². The van der Waals surface area contributed by atoms with Crippen LogP contribution < -0.4 is 10.5 Å². The minimum atomic E-state index is -0.866. The third-order valence-electron chi connectivity index (χ3n) is 2.97. The lowest BCUT2D eigenvalue weighted by Gasteiger charge is -2.15. The molecule has 1 unspecified atom stereocenters. The number of nitrogens with two attached hydrogens (primary N) is 1. The fraction of sp³-hybridized carbons (Fsp3) is 0.312. The number of aromatic nitrogens is 1. The normalized spacial score (nSPS) is 12.5. The summed E-state index contributed by atoms with van der Waals surface area (Å²) in [6.07, 6.45) is 3.71. The van der Waals surface area contributed by atoms with Crippen LogP contribution in [0.4, 0.5) is 8.78 Å². The highest BCUT2D eigenvalue weighted by atomic mass is 19.2. The Hall–Kier alpha value is -2.01. The van der Waals surface area contributed by atoms with Gasteiger partial charge in [-0.2, -0.15) is 0 Å². The van der Waals surface area contributed by atoms with Crippen LogP contribution in [0.5, 0.6) is 5.75 Å². The van der Waals surface area contributed by atoms with Crippen molar-refractivity contribution < 1.29 is 13.5 Å². The van der Waals surface area contributed by atoms with Gasteiger partial charge >= 0.3 is 0 Å². The Bertz CT molecular complexity index is 617. The molecule has 0 saturated heterocycles. The van der Waals surface area contributed by atoms with Crippen LogP contribution in [0.15, 0.2) is 36.7 Å². The number of nitrogens with zero attached hydrogens (tertiary/aromatic N) is 1. The van der Waals surface area contributed by atoms with Crippen molar-refractivity contribution in [2.75, 3.05) is 0 Å². The second-order valence-electron chi connectivity index (χ2n) is 5.18. The van der Waals surface area contributed by atoms with Crippen LogP contribution in [0, 0.1) is 11.6 Å². The van der Waals surface area contributed by atoms with Crippen LogP contribution in [0.2, 0.25) is 0 Å². The van der Waals surface area contributed by atoms with Gasteiger partial charge in [-0.25, -0.2) is 8.78 Å². The summed E-state index contributed by atoms with van der Waals surface area (Å²) in [5, 5.41) is 0. The fourth-order valence-electron chi connectivity index (χ4n) is 2.01. The Balaban J connectivity index is 2.12. The van der Waals surface area contributed by atoms with Crippen LogP contribution in [0.1, 0.15) is 31.0 Å². The van der Waals surface area contributed by atoms with E-state index >= 15 is 0 Å². The molecule has 0 saturated carbocycles. The predicted molar refractivity (Wildman–Crippen MR) is 77.0 cm³/mol. The van der Waals surface area contributed by atoms with E-state index in [0.717, 1.165) is 17.7 Å². The lowest BCUT2D eigenvalue weighted by molar-refractivity contribution is 0.241. The summed E-state index contributed by atoms with van der Waals surface area (Å²) in [7, 11) is 0. The van der Waals surface area contributed by atoms with Crippen molar-refractivity contribution in [1.82, 2.24) is 4.98 Å². The lowest BCUT2D eigenvalue weighted by Crippen LogP contribution is -2.14. The van der Waals surface area contributed by atoms with Gasteiger partial charge in [0.15, 0.2) is 11.6 Å². The predicted octanol–water partition coefficient (Wildman–Crippen LogP) is 3.39. The van der Waals surface area contributed by atoms with Gasteiger partial charge < -0.3 is 10.5 Å². The van der Waals surface area contributed by atoms with Gasteiger partial charge in [0, 0.05) is 12.2 Å². The summed E-state index contributed by atoms with van der Waals surface area (Å²) in [5.41, 5.74) is 7.53. The Morgan fingerprint density at radius 1 is 1.14 bits per heavy atom. The molecule has 0 aliphatic heterocycles. The molecule has 1 aromatic heterocycles. The van der Waals surface area contributed by atoms with E-state index in [9.17, 15) is 8.78 Å². The van der Waals surface area contributed by atoms with Crippen LogP contribution in [0.25, 0.3) is 0 Å². The van der Waals surface area contributed by atoms with Crippen molar-refractivity contribution in [2.24, 2.45) is 5.73 Å². The number of ether oxygens (including phenoxy) is 1. The molecule has 112 valence electrons.